The van der Waals surface area contributed by atoms with E-state index >= 15 is 0 Å². The maximum Gasteiger partial charge on any atom is 0.340 e. The van der Waals surface area contributed by atoms with Crippen LogP contribution in [0.4, 0.5) is 8.78 Å². The summed E-state index contributed by atoms with van der Waals surface area (Å²) in [5, 5.41) is 18.5. The number of rotatable bonds is 4. The first-order chi connectivity index (χ1) is 13.2. The van der Waals surface area contributed by atoms with Crippen molar-refractivity contribution in [3.8, 4) is 0 Å². The molecule has 1 radical (unpaired) electrons. The summed E-state index contributed by atoms with van der Waals surface area (Å²) >= 11 is 0. The molecule has 0 spiro atoms. The van der Waals surface area contributed by atoms with Crippen LogP contribution in [0.1, 0.15) is 12.8 Å². The number of hydrogen-bond donors (Lipinski definition) is 2. The van der Waals surface area contributed by atoms with Gasteiger partial charge in [-0.15, -0.1) is 0 Å². The maximum atomic E-state index is 13.3. The van der Waals surface area contributed by atoms with Gasteiger partial charge in [-0.1, -0.05) is 12.2 Å². The number of carbonyl (C=O) groups excluding carboxylic acids is 2. The third-order valence-corrected chi connectivity index (χ3v) is 4.67. The van der Waals surface area contributed by atoms with E-state index in [0.717, 1.165) is 14.2 Å². The van der Waals surface area contributed by atoms with Crippen LogP contribution in [-0.2, 0) is 23.8 Å². The van der Waals surface area contributed by atoms with Gasteiger partial charge in [0.1, 0.15) is 7.53 Å². The zero-order valence-corrected chi connectivity index (χ0v) is 16.2. The van der Waals surface area contributed by atoms with Crippen LogP contribution in [-0.4, -0.2) is 82.0 Å². The average Bonchev–Trinajstić information content (AvgIpc) is 3.14. The molecule has 2 fully saturated rings. The molecule has 2 N–H and O–H groups in total. The molecule has 1 heterocycles. The van der Waals surface area contributed by atoms with Gasteiger partial charge in [0.15, 0.2) is 0 Å². The Morgan fingerprint density at radius 2 is 1.85 bits per heavy atom. The third-order valence-electron chi connectivity index (χ3n) is 4.67. The van der Waals surface area contributed by atoms with Crippen LogP contribution in [0.25, 0.3) is 0 Å². The van der Waals surface area contributed by atoms with E-state index in [2.05, 4.69) is 18.6 Å². The summed E-state index contributed by atoms with van der Waals surface area (Å²) in [7, 11) is 5.54. The van der Waals surface area contributed by atoms with Crippen molar-refractivity contribution >= 4 is 28.6 Å². The number of alkyl halides is 2. The minimum Gasteiger partial charge on any atom is -0.467 e. The van der Waals surface area contributed by atoms with Crippen molar-refractivity contribution in [2.45, 2.75) is 49.6 Å². The molecule has 1 saturated carbocycles. The molecular weight excluding hydrogens is 384 g/mol. The molecule has 2 aliphatic carbocycles. The topological polar surface area (TPSA) is 106 Å². The Morgan fingerprint density at radius 1 is 1.30 bits per heavy atom. The fourth-order valence-corrected chi connectivity index (χ4v) is 3.17. The number of fused-ring (bicyclic) bond motifs is 1. The van der Waals surface area contributed by atoms with Gasteiger partial charge in [-0.05, 0) is 7.76 Å². The van der Waals surface area contributed by atoms with Gasteiger partial charge < -0.3 is 24.4 Å². The second kappa shape index (κ2) is 11.0. The molecule has 1 aliphatic heterocycles. The van der Waals surface area contributed by atoms with Crippen LogP contribution in [0.3, 0.4) is 0 Å². The number of allylic oxidation sites excluding steroid dienone is 1. The molecule has 9 atom stereocenters. The van der Waals surface area contributed by atoms with Gasteiger partial charge in [-0.2, -0.15) is 9.12 Å². The summed E-state index contributed by atoms with van der Waals surface area (Å²) in [6, 6.07) is 0. The van der Waals surface area contributed by atoms with Crippen molar-refractivity contribution in [2.24, 2.45) is 11.8 Å². The lowest BCUT2D eigenvalue weighted by molar-refractivity contribution is -0.151. The Hall–Kier alpha value is -1.09. The fraction of sp³-hybridized carbons (Fsp3) is 0.750. The Labute approximate surface area is 161 Å². The molecule has 153 valence electrons. The van der Waals surface area contributed by atoms with Crippen LogP contribution >= 0.6 is 9.12 Å². The Kier molecular flexibility index (Phi) is 9.09. The first-order valence-corrected chi connectivity index (χ1v) is 8.93. The van der Waals surface area contributed by atoms with Crippen LogP contribution in [0, 0.1) is 11.8 Å². The lowest BCUT2D eigenvalue weighted by Crippen LogP contribution is -2.35. The molecular formula is C16H25BF2O7P. The minimum absolute atomic E-state index is 0.0529. The molecule has 0 aromatic heterocycles. The number of aliphatic hydroxyl groups excluding tert-OH is 2. The standard InChI is InChI=1S/C8H11FO4.C8H11FO3.BH3P/c1-12-8(11)6(9)5-3(10)2-4-7(5)13-4;1-12-8(11)7(9)5-3-2-4-6(5)10;1-2/h3-7,10H,2H2,1H3;2,4-7,10H,3H2,1H3;1H,2H2/t3-,4+,5-,6?,7+;5-,6-,7?;/m11./s1/i;;1T. The quantitative estimate of drug-likeness (QED) is 0.216. The molecule has 11 heteroatoms. The lowest BCUT2D eigenvalue weighted by Gasteiger charge is -2.18. The highest BCUT2D eigenvalue weighted by atomic mass is 31.0. The van der Waals surface area contributed by atoms with Crippen molar-refractivity contribution in [2.75, 3.05) is 14.2 Å². The lowest BCUT2D eigenvalue weighted by atomic mass is 9.99. The maximum absolute atomic E-state index is 13.3. The van der Waals surface area contributed by atoms with E-state index in [4.69, 9.17) is 11.2 Å². The van der Waals surface area contributed by atoms with Gasteiger partial charge in [0.05, 0.1) is 44.6 Å². The van der Waals surface area contributed by atoms with Crippen molar-refractivity contribution in [3.05, 3.63) is 12.2 Å². The Bertz CT molecular complexity index is 557. The number of epoxide rings is 1. The number of esters is 2. The SMILES string of the molecule is COC(=O)C(F)[C@@H]1CC=C[C@H]1O.COC(=O)C(F)[C@@H]1[C@H]2O[C@H]2C[C@H]1O.[3H][B]P. The number of aliphatic hydroxyl groups is 2. The number of carbonyl (C=O) groups is 2. The minimum atomic E-state index is -1.77. The number of ether oxygens (including phenoxy) is 3. The second-order valence-electron chi connectivity index (χ2n) is 6.19. The Balaban J connectivity index is 0.000000247. The zero-order valence-electron chi connectivity index (χ0n) is 16.0. The zero-order chi connectivity index (χ0) is 21.4. The fourth-order valence-electron chi connectivity index (χ4n) is 3.17. The molecule has 7 nitrogen and oxygen atoms in total. The van der Waals surface area contributed by atoms with E-state index in [1.807, 2.05) is 0 Å². The van der Waals surface area contributed by atoms with Crippen molar-refractivity contribution < 1.29 is 42.8 Å². The summed E-state index contributed by atoms with van der Waals surface area (Å²) in [5.74, 6) is -3.25. The summed E-state index contributed by atoms with van der Waals surface area (Å²) < 4.78 is 46.0. The van der Waals surface area contributed by atoms with Crippen molar-refractivity contribution in [1.29, 1.82) is 1.34 Å². The monoisotopic (exact) mass is 411 g/mol. The van der Waals surface area contributed by atoms with Crippen LogP contribution in [0.5, 0.6) is 0 Å². The molecule has 27 heavy (non-hydrogen) atoms. The highest BCUT2D eigenvalue weighted by Gasteiger charge is 2.59. The van der Waals surface area contributed by atoms with E-state index in [1.54, 1.807) is 6.08 Å². The van der Waals surface area contributed by atoms with Crippen molar-refractivity contribution in [3.63, 3.8) is 0 Å². The van der Waals surface area contributed by atoms with E-state index in [1.165, 1.54) is 13.6 Å². The average molecular weight is 411 g/mol. The van der Waals surface area contributed by atoms with Crippen LogP contribution < -0.4 is 0 Å². The van der Waals surface area contributed by atoms with Gasteiger partial charge in [-0.25, -0.2) is 18.4 Å². The Morgan fingerprint density at radius 3 is 2.26 bits per heavy atom. The normalized spacial score (nSPS) is 35.1. The first-order valence-electron chi connectivity index (χ1n) is 8.84. The van der Waals surface area contributed by atoms with Gasteiger partial charge in [0.2, 0.25) is 12.3 Å². The molecule has 0 aromatic carbocycles. The molecule has 0 bridgehead atoms. The van der Waals surface area contributed by atoms with E-state index in [-0.39, 0.29) is 12.2 Å². The van der Waals surface area contributed by atoms with Crippen LogP contribution in [0.2, 0.25) is 0 Å². The molecule has 3 rings (SSSR count). The third kappa shape index (κ3) is 5.94. The van der Waals surface area contributed by atoms with Crippen molar-refractivity contribution in [1.82, 2.24) is 0 Å². The first kappa shape index (κ1) is 22.2. The van der Waals surface area contributed by atoms with Gasteiger partial charge in [-0.3, -0.25) is 0 Å². The largest absolute Gasteiger partial charge is 0.467 e. The summed E-state index contributed by atoms with van der Waals surface area (Å²) in [6.45, 7) is 0. The van der Waals surface area contributed by atoms with Crippen LogP contribution in [0.15, 0.2) is 12.2 Å². The van der Waals surface area contributed by atoms with E-state index in [0.29, 0.717) is 12.8 Å². The summed E-state index contributed by atoms with van der Waals surface area (Å²) in [5.41, 5.74) is 0. The highest BCUT2D eigenvalue weighted by Crippen LogP contribution is 2.45. The summed E-state index contributed by atoms with van der Waals surface area (Å²) in [4.78, 5) is 21.6. The van der Waals surface area contributed by atoms with E-state index < -0.39 is 48.3 Å². The number of halogens is 2. The summed E-state index contributed by atoms with van der Waals surface area (Å²) in [6.07, 6.45) is -1.52. The molecule has 3 aliphatic rings. The predicted molar refractivity (Wildman–Crippen MR) is 96.7 cm³/mol. The molecule has 0 amide bonds. The second-order valence-corrected chi connectivity index (χ2v) is 6.19. The molecule has 3 unspecified atom stereocenters. The number of methoxy groups -OCH3 is 2. The number of hydrogen-bond acceptors (Lipinski definition) is 7. The highest BCUT2D eigenvalue weighted by molar-refractivity contribution is 7.49. The van der Waals surface area contributed by atoms with Gasteiger partial charge >= 0.3 is 11.9 Å². The van der Waals surface area contributed by atoms with Gasteiger partial charge in [0, 0.05) is 12.3 Å². The predicted octanol–water partition coefficient (Wildman–Crippen LogP) is -0.243. The molecule has 1 saturated heterocycles. The molecule has 0 aromatic rings. The van der Waals surface area contributed by atoms with Gasteiger partial charge in [0.25, 0.3) is 0 Å². The smallest absolute Gasteiger partial charge is 0.340 e. The van der Waals surface area contributed by atoms with E-state index in [9.17, 15) is 23.5 Å².